The summed E-state index contributed by atoms with van der Waals surface area (Å²) in [5, 5.41) is 13.3. The topological polar surface area (TPSA) is 72.9 Å². The lowest BCUT2D eigenvalue weighted by atomic mass is 9.99. The lowest BCUT2D eigenvalue weighted by molar-refractivity contribution is -0.143. The molecule has 1 aliphatic heterocycles. The van der Waals surface area contributed by atoms with Gasteiger partial charge in [-0.15, -0.1) is 0 Å². The molecule has 0 spiro atoms. The average molecular weight is 452 g/mol. The summed E-state index contributed by atoms with van der Waals surface area (Å²) in [6.45, 7) is 9.73. The van der Waals surface area contributed by atoms with Crippen LogP contribution in [0.3, 0.4) is 0 Å². The van der Waals surface area contributed by atoms with E-state index in [1.807, 2.05) is 13.8 Å². The number of rotatable bonds is 6. The van der Waals surface area contributed by atoms with Gasteiger partial charge in [-0.3, -0.25) is 9.59 Å². The molecule has 2 N–H and O–H groups in total. The van der Waals surface area contributed by atoms with Gasteiger partial charge in [0.2, 0.25) is 0 Å². The largest absolute Gasteiger partial charge is 0.383 e. The van der Waals surface area contributed by atoms with E-state index < -0.39 is 5.60 Å². The zero-order valence-corrected chi connectivity index (χ0v) is 19.1. The zero-order valence-electron chi connectivity index (χ0n) is 19.1. The minimum absolute atomic E-state index is 0.123. The number of amides is 2. The van der Waals surface area contributed by atoms with E-state index >= 15 is 0 Å². The second kappa shape index (κ2) is 8.98. The molecular weight excluding hydrogens is 421 g/mol. The third kappa shape index (κ3) is 4.93. The molecule has 174 valence electrons. The maximum atomic E-state index is 14.5. The van der Waals surface area contributed by atoms with E-state index in [1.165, 1.54) is 6.07 Å². The Hall–Kier alpha value is -3.19. The first kappa shape index (κ1) is 23.0. The Labute approximate surface area is 193 Å². The van der Waals surface area contributed by atoms with E-state index in [1.54, 1.807) is 46.2 Å². The highest BCUT2D eigenvalue weighted by Crippen LogP contribution is 2.37. The Kier molecular flexibility index (Phi) is 6.26. The van der Waals surface area contributed by atoms with Crippen molar-refractivity contribution >= 4 is 17.5 Å². The normalized spacial score (nSPS) is 17.1. The average Bonchev–Trinajstić information content (AvgIpc) is 3.56. The van der Waals surface area contributed by atoms with Gasteiger partial charge in [0.15, 0.2) is 0 Å². The number of halogens is 1. The molecule has 0 aromatic heterocycles. The fourth-order valence-corrected chi connectivity index (χ4v) is 4.08. The van der Waals surface area contributed by atoms with Crippen LogP contribution in [0.25, 0.3) is 16.8 Å². The first-order chi connectivity index (χ1) is 15.7. The van der Waals surface area contributed by atoms with Crippen LogP contribution < -0.4 is 5.32 Å². The van der Waals surface area contributed by atoms with Crippen LogP contribution in [0.1, 0.15) is 42.6 Å². The van der Waals surface area contributed by atoms with Crippen molar-refractivity contribution < 1.29 is 19.1 Å². The van der Waals surface area contributed by atoms with Gasteiger partial charge in [-0.2, -0.15) is 0 Å². The lowest BCUT2D eigenvalue weighted by Crippen LogP contribution is -2.53. The number of nitrogens with one attached hydrogen (secondary N) is 1. The Morgan fingerprint density at radius 2 is 1.58 bits per heavy atom. The van der Waals surface area contributed by atoms with Gasteiger partial charge in [-0.25, -0.2) is 4.39 Å². The minimum atomic E-state index is -1.17. The molecule has 0 bridgehead atoms. The third-order valence-corrected chi connectivity index (χ3v) is 6.20. The van der Waals surface area contributed by atoms with Crippen molar-refractivity contribution in [1.82, 2.24) is 15.1 Å². The molecule has 2 aromatic carbocycles. The van der Waals surface area contributed by atoms with E-state index in [0.717, 1.165) is 11.3 Å². The van der Waals surface area contributed by atoms with Crippen molar-refractivity contribution in [2.45, 2.75) is 38.3 Å². The molecule has 1 saturated carbocycles. The molecule has 1 heterocycles. The smallest absolute Gasteiger partial charge is 0.254 e. The van der Waals surface area contributed by atoms with Crippen molar-refractivity contribution in [2.75, 3.05) is 26.2 Å². The van der Waals surface area contributed by atoms with Gasteiger partial charge in [-0.1, -0.05) is 18.7 Å². The quantitative estimate of drug-likeness (QED) is 0.707. The number of carbonyl (C=O) groups is 2. The van der Waals surface area contributed by atoms with Gasteiger partial charge in [0, 0.05) is 49.0 Å². The number of aliphatic hydroxyl groups is 1. The standard InChI is InChI=1S/C26H30FN3O3/c1-17(2)28-18(3)21-8-9-23(27)22(16-21)19-4-6-20(7-5-19)24(31)29-12-14-30(15-13-29)25(32)26(33)10-11-26/h4-9,16-17,28,33H,3,10-15H2,1-2H3. The molecule has 0 radical (unpaired) electrons. The summed E-state index contributed by atoms with van der Waals surface area (Å²) in [5.74, 6) is -0.690. The minimum Gasteiger partial charge on any atom is -0.383 e. The molecule has 2 aromatic rings. The predicted molar refractivity (Wildman–Crippen MR) is 126 cm³/mol. The van der Waals surface area contributed by atoms with Crippen LogP contribution in [-0.4, -0.2) is 64.5 Å². The van der Waals surface area contributed by atoms with Crippen LogP contribution in [0.15, 0.2) is 49.0 Å². The highest BCUT2D eigenvalue weighted by molar-refractivity contribution is 5.95. The lowest BCUT2D eigenvalue weighted by Gasteiger charge is -2.35. The number of piperazine rings is 1. The molecule has 2 aliphatic rings. The SMILES string of the molecule is C=C(NC(C)C)c1ccc(F)c(-c2ccc(C(=O)N3CCN(C(=O)C4(O)CC4)CC3)cc2)c1. The summed E-state index contributed by atoms with van der Waals surface area (Å²) in [7, 11) is 0. The molecule has 1 saturated heterocycles. The second-order valence-electron chi connectivity index (χ2n) is 9.17. The number of carbonyl (C=O) groups excluding carboxylic acids is 2. The fourth-order valence-electron chi connectivity index (χ4n) is 4.08. The summed E-state index contributed by atoms with van der Waals surface area (Å²) in [6.07, 6.45) is 1.03. The van der Waals surface area contributed by atoms with Gasteiger partial charge in [0.25, 0.3) is 11.8 Å². The van der Waals surface area contributed by atoms with Crippen LogP contribution in [-0.2, 0) is 4.79 Å². The molecule has 33 heavy (non-hydrogen) atoms. The van der Waals surface area contributed by atoms with Gasteiger partial charge < -0.3 is 20.2 Å². The Balaban J connectivity index is 1.43. The predicted octanol–water partition coefficient (Wildman–Crippen LogP) is 3.27. The summed E-state index contributed by atoms with van der Waals surface area (Å²) < 4.78 is 14.5. The highest BCUT2D eigenvalue weighted by atomic mass is 19.1. The molecule has 7 heteroatoms. The molecule has 4 rings (SSSR count). The Morgan fingerprint density at radius 3 is 2.15 bits per heavy atom. The maximum Gasteiger partial charge on any atom is 0.254 e. The van der Waals surface area contributed by atoms with Crippen molar-refractivity contribution in [3.8, 4) is 11.1 Å². The summed E-state index contributed by atoms with van der Waals surface area (Å²) in [5.41, 5.74) is 2.00. The fraction of sp³-hybridized carbons (Fsp3) is 0.385. The molecule has 0 atom stereocenters. The number of benzene rings is 2. The first-order valence-corrected chi connectivity index (χ1v) is 11.3. The van der Waals surface area contributed by atoms with E-state index in [0.29, 0.717) is 55.7 Å². The Bertz CT molecular complexity index is 1070. The van der Waals surface area contributed by atoms with Crippen LogP contribution in [0.5, 0.6) is 0 Å². The van der Waals surface area contributed by atoms with Crippen molar-refractivity contribution in [2.24, 2.45) is 0 Å². The maximum absolute atomic E-state index is 14.5. The van der Waals surface area contributed by atoms with Gasteiger partial charge in [-0.05, 0) is 68.1 Å². The molecule has 2 fully saturated rings. The molecule has 2 amide bonds. The Morgan fingerprint density at radius 1 is 1.00 bits per heavy atom. The number of hydrogen-bond acceptors (Lipinski definition) is 4. The number of nitrogens with zero attached hydrogens (tertiary/aromatic N) is 2. The summed E-state index contributed by atoms with van der Waals surface area (Å²) in [4.78, 5) is 28.5. The summed E-state index contributed by atoms with van der Waals surface area (Å²) >= 11 is 0. The number of hydrogen-bond donors (Lipinski definition) is 2. The third-order valence-electron chi connectivity index (χ3n) is 6.20. The van der Waals surface area contributed by atoms with Crippen LogP contribution in [0.4, 0.5) is 4.39 Å². The van der Waals surface area contributed by atoms with Crippen LogP contribution >= 0.6 is 0 Å². The van der Waals surface area contributed by atoms with Crippen molar-refractivity contribution in [3.63, 3.8) is 0 Å². The zero-order chi connectivity index (χ0) is 23.8. The van der Waals surface area contributed by atoms with Crippen molar-refractivity contribution in [1.29, 1.82) is 0 Å². The van der Waals surface area contributed by atoms with Crippen LogP contribution in [0, 0.1) is 5.82 Å². The summed E-state index contributed by atoms with van der Waals surface area (Å²) in [6, 6.07) is 12.0. The van der Waals surface area contributed by atoms with Gasteiger partial charge in [0.1, 0.15) is 11.4 Å². The van der Waals surface area contributed by atoms with E-state index in [2.05, 4.69) is 11.9 Å². The van der Waals surface area contributed by atoms with Gasteiger partial charge >= 0.3 is 0 Å². The van der Waals surface area contributed by atoms with Crippen LogP contribution in [0.2, 0.25) is 0 Å². The first-order valence-electron chi connectivity index (χ1n) is 11.3. The highest BCUT2D eigenvalue weighted by Gasteiger charge is 2.50. The second-order valence-corrected chi connectivity index (χ2v) is 9.17. The van der Waals surface area contributed by atoms with E-state index in [-0.39, 0.29) is 23.7 Å². The molecule has 6 nitrogen and oxygen atoms in total. The van der Waals surface area contributed by atoms with E-state index in [9.17, 15) is 19.1 Å². The van der Waals surface area contributed by atoms with Gasteiger partial charge in [0.05, 0.1) is 0 Å². The molecular formula is C26H30FN3O3. The molecule has 0 unspecified atom stereocenters. The molecule has 1 aliphatic carbocycles. The van der Waals surface area contributed by atoms with Crippen molar-refractivity contribution in [3.05, 3.63) is 66.0 Å². The van der Waals surface area contributed by atoms with E-state index in [4.69, 9.17) is 0 Å². The monoisotopic (exact) mass is 451 g/mol.